The summed E-state index contributed by atoms with van der Waals surface area (Å²) >= 11 is 12.1. The Balaban J connectivity index is 1.85. The number of anilines is 1. The molecule has 2 aliphatic rings. The lowest BCUT2D eigenvalue weighted by Crippen LogP contribution is -2.47. The first-order valence-electron chi connectivity index (χ1n) is 9.82. The standard InChI is InChI=1S/C23H22Cl2N2O3/c1-13-10-18(25)8-9-19(13)27-22(28)20(16-4-6-17(24)7-5-16)21(23(27)29)26-11-14(2)30-15(3)12-26/h4-10,14-15H,11-12H2,1-3H3. The smallest absolute Gasteiger partial charge is 0.282 e. The van der Waals surface area contributed by atoms with Crippen molar-refractivity contribution in [2.24, 2.45) is 0 Å². The van der Waals surface area contributed by atoms with Crippen molar-refractivity contribution in [2.75, 3.05) is 18.0 Å². The molecule has 2 aliphatic heterocycles. The number of ether oxygens (including phenoxy) is 1. The highest BCUT2D eigenvalue weighted by Gasteiger charge is 2.44. The quantitative estimate of drug-likeness (QED) is 0.643. The van der Waals surface area contributed by atoms with Gasteiger partial charge in [-0.05, 0) is 62.2 Å². The van der Waals surface area contributed by atoms with Crippen LogP contribution >= 0.6 is 23.2 Å². The van der Waals surface area contributed by atoms with Crippen LogP contribution < -0.4 is 4.90 Å². The second-order valence-electron chi connectivity index (χ2n) is 7.77. The molecule has 1 saturated heterocycles. The summed E-state index contributed by atoms with van der Waals surface area (Å²) in [7, 11) is 0. The van der Waals surface area contributed by atoms with Crippen molar-refractivity contribution in [1.29, 1.82) is 0 Å². The monoisotopic (exact) mass is 444 g/mol. The lowest BCUT2D eigenvalue weighted by Gasteiger charge is -2.37. The molecule has 7 heteroatoms. The van der Waals surface area contributed by atoms with E-state index in [1.807, 2.05) is 25.7 Å². The molecule has 1 fully saturated rings. The van der Waals surface area contributed by atoms with Gasteiger partial charge in [0, 0.05) is 23.1 Å². The Morgan fingerprint density at radius 2 is 1.50 bits per heavy atom. The summed E-state index contributed by atoms with van der Waals surface area (Å²) in [6.07, 6.45) is -0.108. The molecule has 0 aromatic heterocycles. The van der Waals surface area contributed by atoms with E-state index in [2.05, 4.69) is 0 Å². The Bertz CT molecular complexity index is 1040. The van der Waals surface area contributed by atoms with Gasteiger partial charge in [0.05, 0.1) is 23.5 Å². The topological polar surface area (TPSA) is 49.9 Å². The number of carbonyl (C=O) groups is 2. The van der Waals surface area contributed by atoms with Crippen LogP contribution in [-0.4, -0.2) is 42.0 Å². The van der Waals surface area contributed by atoms with Crippen LogP contribution in [0, 0.1) is 6.92 Å². The number of nitrogens with zero attached hydrogens (tertiary/aromatic N) is 2. The van der Waals surface area contributed by atoms with E-state index in [4.69, 9.17) is 27.9 Å². The van der Waals surface area contributed by atoms with Gasteiger partial charge in [0.15, 0.2) is 0 Å². The van der Waals surface area contributed by atoms with Gasteiger partial charge in [-0.3, -0.25) is 9.59 Å². The van der Waals surface area contributed by atoms with Crippen LogP contribution in [0.2, 0.25) is 10.0 Å². The average Bonchev–Trinajstić information content (AvgIpc) is 2.92. The van der Waals surface area contributed by atoms with Crippen molar-refractivity contribution < 1.29 is 14.3 Å². The molecule has 5 nitrogen and oxygen atoms in total. The number of rotatable bonds is 3. The maximum absolute atomic E-state index is 13.6. The maximum atomic E-state index is 13.6. The second-order valence-corrected chi connectivity index (χ2v) is 8.64. The molecule has 2 atom stereocenters. The summed E-state index contributed by atoms with van der Waals surface area (Å²) in [6.45, 7) is 6.83. The van der Waals surface area contributed by atoms with Gasteiger partial charge >= 0.3 is 0 Å². The molecular weight excluding hydrogens is 423 g/mol. The molecule has 2 aromatic carbocycles. The van der Waals surface area contributed by atoms with Crippen molar-refractivity contribution in [1.82, 2.24) is 4.90 Å². The van der Waals surface area contributed by atoms with Crippen LogP contribution in [0.25, 0.3) is 5.57 Å². The third-order valence-electron chi connectivity index (χ3n) is 5.33. The van der Waals surface area contributed by atoms with Crippen LogP contribution in [-0.2, 0) is 14.3 Å². The molecular formula is C23H22Cl2N2O3. The maximum Gasteiger partial charge on any atom is 0.282 e. The van der Waals surface area contributed by atoms with E-state index < -0.39 is 0 Å². The van der Waals surface area contributed by atoms with E-state index in [9.17, 15) is 9.59 Å². The normalized spacial score (nSPS) is 22.3. The minimum absolute atomic E-state index is 0.0538. The van der Waals surface area contributed by atoms with Gasteiger partial charge in [-0.25, -0.2) is 4.90 Å². The Morgan fingerprint density at radius 1 is 0.900 bits per heavy atom. The molecule has 30 heavy (non-hydrogen) atoms. The molecule has 0 saturated carbocycles. The Kier molecular flexibility index (Phi) is 5.62. The zero-order chi connectivity index (χ0) is 21.6. The van der Waals surface area contributed by atoms with E-state index in [0.29, 0.717) is 45.7 Å². The first-order valence-corrected chi connectivity index (χ1v) is 10.6. The number of morpholine rings is 1. The van der Waals surface area contributed by atoms with Crippen molar-refractivity contribution in [2.45, 2.75) is 33.0 Å². The fourth-order valence-electron chi connectivity index (χ4n) is 4.14. The SMILES string of the molecule is Cc1cc(Cl)ccc1N1C(=O)C(c2ccc(Cl)cc2)=C(N2CC(C)OC(C)C2)C1=O. The number of amides is 2. The fourth-order valence-corrected chi connectivity index (χ4v) is 4.49. The van der Waals surface area contributed by atoms with E-state index in [1.165, 1.54) is 4.90 Å². The fraction of sp³-hybridized carbons (Fsp3) is 0.304. The van der Waals surface area contributed by atoms with Gasteiger partial charge in [-0.1, -0.05) is 35.3 Å². The molecule has 2 unspecified atom stereocenters. The van der Waals surface area contributed by atoms with Crippen molar-refractivity contribution in [3.05, 3.63) is 69.3 Å². The number of carbonyl (C=O) groups excluding carboxylic acids is 2. The lowest BCUT2D eigenvalue weighted by atomic mass is 10.0. The van der Waals surface area contributed by atoms with E-state index >= 15 is 0 Å². The molecule has 4 rings (SSSR count). The molecule has 2 amide bonds. The largest absolute Gasteiger partial charge is 0.372 e. The van der Waals surface area contributed by atoms with Crippen molar-refractivity contribution in [3.63, 3.8) is 0 Å². The van der Waals surface area contributed by atoms with E-state index in [0.717, 1.165) is 5.56 Å². The molecule has 0 radical (unpaired) electrons. The highest BCUT2D eigenvalue weighted by molar-refractivity contribution is 6.45. The highest BCUT2D eigenvalue weighted by Crippen LogP contribution is 2.37. The van der Waals surface area contributed by atoms with Gasteiger partial charge in [0.2, 0.25) is 0 Å². The summed E-state index contributed by atoms with van der Waals surface area (Å²) in [5, 5.41) is 1.12. The summed E-state index contributed by atoms with van der Waals surface area (Å²) in [4.78, 5) is 30.4. The zero-order valence-corrected chi connectivity index (χ0v) is 18.5. The van der Waals surface area contributed by atoms with E-state index in [1.54, 1.807) is 42.5 Å². The number of hydrogen-bond acceptors (Lipinski definition) is 4. The number of hydrogen-bond donors (Lipinski definition) is 0. The minimum atomic E-state index is -0.352. The summed E-state index contributed by atoms with van der Waals surface area (Å²) < 4.78 is 5.83. The van der Waals surface area contributed by atoms with Gasteiger partial charge in [-0.15, -0.1) is 0 Å². The molecule has 156 valence electrons. The Labute approximate surface area is 185 Å². The lowest BCUT2D eigenvalue weighted by molar-refractivity contribution is -0.121. The molecule has 2 heterocycles. The van der Waals surface area contributed by atoms with Gasteiger partial charge < -0.3 is 9.64 Å². The van der Waals surface area contributed by atoms with Crippen LogP contribution in [0.1, 0.15) is 25.0 Å². The van der Waals surface area contributed by atoms with Crippen LogP contribution in [0.4, 0.5) is 5.69 Å². The summed E-state index contributed by atoms with van der Waals surface area (Å²) in [5.41, 5.74) is 2.73. The van der Waals surface area contributed by atoms with Gasteiger partial charge in [0.1, 0.15) is 5.70 Å². The highest BCUT2D eigenvalue weighted by atomic mass is 35.5. The number of benzene rings is 2. The predicted molar refractivity (Wildman–Crippen MR) is 119 cm³/mol. The molecule has 2 aromatic rings. The number of aryl methyl sites for hydroxylation is 1. The Hall–Kier alpha value is -2.34. The second kappa shape index (κ2) is 8.06. The molecule has 0 spiro atoms. The van der Waals surface area contributed by atoms with Crippen molar-refractivity contribution >= 4 is 46.3 Å². The molecule has 0 aliphatic carbocycles. The van der Waals surface area contributed by atoms with Gasteiger partial charge in [-0.2, -0.15) is 0 Å². The molecule has 0 bridgehead atoms. The zero-order valence-electron chi connectivity index (χ0n) is 17.0. The molecule has 0 N–H and O–H groups in total. The van der Waals surface area contributed by atoms with Crippen molar-refractivity contribution in [3.8, 4) is 0 Å². The third kappa shape index (κ3) is 3.73. The van der Waals surface area contributed by atoms with Crippen LogP contribution in [0.5, 0.6) is 0 Å². The summed E-state index contributed by atoms with van der Waals surface area (Å²) in [6, 6.07) is 12.1. The Morgan fingerprint density at radius 3 is 2.10 bits per heavy atom. The number of halogens is 2. The third-order valence-corrected chi connectivity index (χ3v) is 5.81. The predicted octanol–water partition coefficient (Wildman–Crippen LogP) is 4.70. The van der Waals surface area contributed by atoms with Crippen LogP contribution in [0.3, 0.4) is 0 Å². The minimum Gasteiger partial charge on any atom is -0.372 e. The van der Waals surface area contributed by atoms with Gasteiger partial charge in [0.25, 0.3) is 11.8 Å². The average molecular weight is 445 g/mol. The first-order chi connectivity index (χ1) is 14.3. The van der Waals surface area contributed by atoms with Crippen LogP contribution in [0.15, 0.2) is 48.2 Å². The first kappa shape index (κ1) is 20.9. The number of imide groups is 1. The summed E-state index contributed by atoms with van der Waals surface area (Å²) in [5.74, 6) is -0.689. The van der Waals surface area contributed by atoms with E-state index in [-0.39, 0.29) is 24.0 Å².